The lowest BCUT2D eigenvalue weighted by Crippen LogP contribution is -2.26. The maximum absolute atomic E-state index is 12.7. The highest BCUT2D eigenvalue weighted by molar-refractivity contribution is 7.86. The van der Waals surface area contributed by atoms with Crippen molar-refractivity contribution in [2.75, 3.05) is 10.1 Å². The number of benzene rings is 1. The van der Waals surface area contributed by atoms with E-state index in [0.717, 1.165) is 16.6 Å². The van der Waals surface area contributed by atoms with E-state index in [9.17, 15) is 13.0 Å². The predicted octanol–water partition coefficient (Wildman–Crippen LogP) is 3.71. The van der Waals surface area contributed by atoms with Crippen LogP contribution in [0, 0.1) is 0 Å². The molecule has 12 heteroatoms. The molecule has 3 aromatic heterocycles. The van der Waals surface area contributed by atoms with Crippen LogP contribution in [0.25, 0.3) is 21.7 Å². The highest BCUT2D eigenvalue weighted by Crippen LogP contribution is 2.30. The smallest absolute Gasteiger partial charge is 0.314 e. The van der Waals surface area contributed by atoms with Gasteiger partial charge in [-0.05, 0) is 18.2 Å². The van der Waals surface area contributed by atoms with Gasteiger partial charge >= 0.3 is 6.43 Å². The number of aryl methyl sites for hydroxylation is 1. The van der Waals surface area contributed by atoms with Crippen molar-refractivity contribution in [3.63, 3.8) is 0 Å². The summed E-state index contributed by atoms with van der Waals surface area (Å²) < 4.78 is 46.5. The van der Waals surface area contributed by atoms with E-state index in [1.807, 2.05) is 32.2 Å². The third kappa shape index (κ3) is 3.90. The van der Waals surface area contributed by atoms with Crippen molar-refractivity contribution in [2.45, 2.75) is 19.9 Å². The number of alkyl halides is 2. The standard InChI is InChI=1S/C17H16F2N6O2S2/c1-3-29(26)25(11-5-4-10-7-21-24(2)12(10)6-11)9-14-20-8-13(28-14)16-22-23-17(27-16)15(18)19/h4-8,15H,3,9H2,1-2H3. The molecule has 1 unspecified atom stereocenters. The molecule has 0 aliphatic heterocycles. The van der Waals surface area contributed by atoms with E-state index in [1.165, 1.54) is 17.5 Å². The molecule has 0 radical (unpaired) electrons. The van der Waals surface area contributed by atoms with Crippen LogP contribution in [0.3, 0.4) is 0 Å². The molecule has 0 amide bonds. The predicted molar refractivity (Wildman–Crippen MR) is 106 cm³/mol. The Morgan fingerprint density at radius 3 is 2.86 bits per heavy atom. The Labute approximate surface area is 170 Å². The van der Waals surface area contributed by atoms with Crippen LogP contribution in [0.1, 0.15) is 24.2 Å². The summed E-state index contributed by atoms with van der Waals surface area (Å²) in [6.07, 6.45) is 0.430. The first-order valence-electron chi connectivity index (χ1n) is 8.60. The van der Waals surface area contributed by atoms with E-state index in [-0.39, 0.29) is 12.4 Å². The van der Waals surface area contributed by atoms with Gasteiger partial charge in [0.1, 0.15) is 20.9 Å². The third-order valence-corrected chi connectivity index (χ3v) is 6.48. The number of fused-ring (bicyclic) bond motifs is 1. The van der Waals surface area contributed by atoms with E-state index in [0.29, 0.717) is 15.6 Å². The lowest BCUT2D eigenvalue weighted by atomic mass is 10.2. The number of halogens is 2. The van der Waals surface area contributed by atoms with Crippen LogP contribution in [-0.2, 0) is 24.6 Å². The van der Waals surface area contributed by atoms with Crippen LogP contribution >= 0.6 is 11.3 Å². The Balaban J connectivity index is 1.62. The largest absolute Gasteiger partial charge is 0.414 e. The van der Waals surface area contributed by atoms with E-state index in [1.54, 1.807) is 15.2 Å². The number of nitrogens with zero attached hydrogens (tertiary/aromatic N) is 6. The molecule has 0 aliphatic carbocycles. The van der Waals surface area contributed by atoms with Gasteiger partial charge < -0.3 is 4.42 Å². The number of hydrogen-bond donors (Lipinski definition) is 0. The monoisotopic (exact) mass is 438 g/mol. The molecule has 4 aromatic rings. The molecule has 8 nitrogen and oxygen atoms in total. The molecule has 1 atom stereocenters. The van der Waals surface area contributed by atoms with Gasteiger partial charge in [0.15, 0.2) is 0 Å². The first-order valence-corrected chi connectivity index (χ1v) is 10.7. The average molecular weight is 438 g/mol. The molecule has 29 heavy (non-hydrogen) atoms. The van der Waals surface area contributed by atoms with Gasteiger partial charge in [-0.3, -0.25) is 8.99 Å². The second-order valence-electron chi connectivity index (χ2n) is 6.02. The van der Waals surface area contributed by atoms with Gasteiger partial charge in [-0.1, -0.05) is 6.92 Å². The molecule has 0 N–H and O–H groups in total. The molecule has 0 aliphatic rings. The third-order valence-electron chi connectivity index (χ3n) is 4.18. The molecule has 3 heterocycles. The van der Waals surface area contributed by atoms with Gasteiger partial charge in [0, 0.05) is 18.2 Å². The van der Waals surface area contributed by atoms with Crippen molar-refractivity contribution in [1.82, 2.24) is 25.0 Å². The minimum atomic E-state index is -2.83. The van der Waals surface area contributed by atoms with Gasteiger partial charge in [0.05, 0.1) is 30.1 Å². The summed E-state index contributed by atoms with van der Waals surface area (Å²) in [6, 6.07) is 5.74. The fraction of sp³-hybridized carbons (Fsp3) is 0.294. The van der Waals surface area contributed by atoms with Crippen molar-refractivity contribution < 1.29 is 17.4 Å². The van der Waals surface area contributed by atoms with Crippen molar-refractivity contribution >= 4 is 38.9 Å². The molecule has 1 aromatic carbocycles. The Hall–Kier alpha value is -2.73. The maximum atomic E-state index is 12.7. The van der Waals surface area contributed by atoms with Crippen LogP contribution < -0.4 is 4.31 Å². The molecule has 4 rings (SSSR count). The lowest BCUT2D eigenvalue weighted by molar-refractivity contribution is 0.116. The topological polar surface area (TPSA) is 89.9 Å². The first-order chi connectivity index (χ1) is 14.0. The molecular weight excluding hydrogens is 422 g/mol. The van der Waals surface area contributed by atoms with E-state index in [2.05, 4.69) is 20.3 Å². The summed E-state index contributed by atoms with van der Waals surface area (Å²) in [7, 11) is 0.574. The molecule has 152 valence electrons. The summed E-state index contributed by atoms with van der Waals surface area (Å²) in [4.78, 5) is 4.78. The van der Waals surface area contributed by atoms with Crippen LogP contribution in [0.15, 0.2) is 35.0 Å². The highest BCUT2D eigenvalue weighted by Gasteiger charge is 2.20. The summed E-state index contributed by atoms with van der Waals surface area (Å²) in [5, 5.41) is 12.8. The quantitative estimate of drug-likeness (QED) is 0.437. The van der Waals surface area contributed by atoms with Crippen molar-refractivity contribution in [3.05, 3.63) is 41.5 Å². The van der Waals surface area contributed by atoms with Crippen LogP contribution in [-0.4, -0.2) is 34.9 Å². The Bertz CT molecular complexity index is 1170. The van der Waals surface area contributed by atoms with Gasteiger partial charge in [-0.25, -0.2) is 9.19 Å². The summed E-state index contributed by atoms with van der Waals surface area (Å²) in [5.74, 6) is -0.306. The normalized spacial score (nSPS) is 12.7. The summed E-state index contributed by atoms with van der Waals surface area (Å²) >= 11 is 1.22. The van der Waals surface area contributed by atoms with Gasteiger partial charge in [0.2, 0.25) is 0 Å². The number of aromatic nitrogens is 5. The molecule has 0 saturated carbocycles. The second-order valence-corrected chi connectivity index (χ2v) is 8.80. The van der Waals surface area contributed by atoms with Gasteiger partial charge in [0.25, 0.3) is 11.8 Å². The Morgan fingerprint density at radius 1 is 1.31 bits per heavy atom. The first kappa shape index (κ1) is 19.6. The average Bonchev–Trinajstić information content (AvgIpc) is 3.45. The molecular formula is C17H16F2N6O2S2. The Morgan fingerprint density at radius 2 is 2.14 bits per heavy atom. The van der Waals surface area contributed by atoms with E-state index in [4.69, 9.17) is 4.42 Å². The minimum absolute atomic E-state index is 0.0106. The van der Waals surface area contributed by atoms with E-state index < -0.39 is 23.3 Å². The fourth-order valence-corrected chi connectivity index (χ4v) is 4.59. The zero-order chi connectivity index (χ0) is 20.5. The molecule has 0 fully saturated rings. The second kappa shape index (κ2) is 7.95. The van der Waals surface area contributed by atoms with Crippen LogP contribution in [0.5, 0.6) is 0 Å². The van der Waals surface area contributed by atoms with Gasteiger partial charge in [-0.15, -0.1) is 21.5 Å². The number of thiazole rings is 1. The number of hydrogen-bond acceptors (Lipinski definition) is 7. The van der Waals surface area contributed by atoms with Crippen molar-refractivity contribution in [3.8, 4) is 10.8 Å². The zero-order valence-corrected chi connectivity index (χ0v) is 17.1. The van der Waals surface area contributed by atoms with Crippen LogP contribution in [0.4, 0.5) is 14.5 Å². The molecule has 0 saturated heterocycles. The molecule has 0 bridgehead atoms. The van der Waals surface area contributed by atoms with E-state index >= 15 is 0 Å². The summed E-state index contributed by atoms with van der Waals surface area (Å²) in [6.45, 7) is 2.12. The SMILES string of the molecule is CCS(=O)N(Cc1ncc(-c2nnc(C(F)F)o2)s1)c1ccc2cnn(C)c2c1. The number of rotatable bonds is 7. The van der Waals surface area contributed by atoms with Crippen molar-refractivity contribution in [2.24, 2.45) is 7.05 Å². The van der Waals surface area contributed by atoms with Crippen molar-refractivity contribution in [1.29, 1.82) is 0 Å². The minimum Gasteiger partial charge on any atom is -0.414 e. The Kier molecular flexibility index (Phi) is 5.37. The lowest BCUT2D eigenvalue weighted by Gasteiger charge is -2.22. The maximum Gasteiger partial charge on any atom is 0.314 e. The summed E-state index contributed by atoms with van der Waals surface area (Å²) in [5.41, 5.74) is 1.70. The number of anilines is 1. The fourth-order valence-electron chi connectivity index (χ4n) is 2.75. The zero-order valence-electron chi connectivity index (χ0n) is 15.5. The van der Waals surface area contributed by atoms with Crippen LogP contribution in [0.2, 0.25) is 0 Å². The highest BCUT2D eigenvalue weighted by atomic mass is 32.2. The molecule has 0 spiro atoms. The van der Waals surface area contributed by atoms with Gasteiger partial charge in [-0.2, -0.15) is 13.9 Å².